The van der Waals surface area contributed by atoms with Gasteiger partial charge in [-0.05, 0) is 32.4 Å². The lowest BCUT2D eigenvalue weighted by atomic mass is 10.0. The van der Waals surface area contributed by atoms with Crippen LogP contribution in [0.5, 0.6) is 5.75 Å². The molecule has 1 aromatic carbocycles. The summed E-state index contributed by atoms with van der Waals surface area (Å²) < 4.78 is 5.52. The van der Waals surface area contributed by atoms with Crippen molar-refractivity contribution in [2.75, 3.05) is 7.11 Å². The zero-order valence-electron chi connectivity index (χ0n) is 11.0. The lowest BCUT2D eigenvalue weighted by Crippen LogP contribution is -2.02. The number of benzene rings is 1. The average Bonchev–Trinajstić information content (AvgIpc) is 2.35. The molecule has 0 atom stereocenters. The molecule has 0 aliphatic carbocycles. The van der Waals surface area contributed by atoms with Gasteiger partial charge in [-0.15, -0.1) is 0 Å². The van der Waals surface area contributed by atoms with Gasteiger partial charge in [-0.1, -0.05) is 12.1 Å². The Bertz CT molecular complexity index is 590. The molecule has 1 aromatic heterocycles. The van der Waals surface area contributed by atoms with Crippen LogP contribution < -0.4 is 4.74 Å². The monoisotopic (exact) mass is 243 g/mol. The summed E-state index contributed by atoms with van der Waals surface area (Å²) in [6.45, 7) is 3.57. The highest BCUT2D eigenvalue weighted by atomic mass is 16.5. The Hall–Kier alpha value is -1.90. The minimum Gasteiger partial charge on any atom is -0.496 e. The first-order valence-corrected chi connectivity index (χ1v) is 6.05. The van der Waals surface area contributed by atoms with Crippen LogP contribution >= 0.6 is 0 Å². The molecular weight excluding hydrogens is 226 g/mol. The predicted octanol–water partition coefficient (Wildman–Crippen LogP) is 3.07. The molecule has 0 radical (unpaired) electrons. The number of para-hydroxylation sites is 1. The molecular formula is C15H17NO2. The number of hydrogen-bond donors (Lipinski definition) is 0. The van der Waals surface area contributed by atoms with Crippen LogP contribution in [0, 0.1) is 6.92 Å². The summed E-state index contributed by atoms with van der Waals surface area (Å²) in [6, 6.07) is 7.90. The largest absolute Gasteiger partial charge is 0.496 e. The first-order chi connectivity index (χ1) is 8.63. The molecule has 18 heavy (non-hydrogen) atoms. The zero-order chi connectivity index (χ0) is 13.1. The molecule has 3 nitrogen and oxygen atoms in total. The first kappa shape index (κ1) is 12.6. The van der Waals surface area contributed by atoms with E-state index in [-0.39, 0.29) is 5.78 Å². The summed E-state index contributed by atoms with van der Waals surface area (Å²) >= 11 is 0. The van der Waals surface area contributed by atoms with E-state index >= 15 is 0 Å². The van der Waals surface area contributed by atoms with Gasteiger partial charge in [-0.3, -0.25) is 4.98 Å². The molecule has 2 aromatic rings. The van der Waals surface area contributed by atoms with Gasteiger partial charge in [-0.25, -0.2) is 0 Å². The molecule has 0 fully saturated rings. The Kier molecular flexibility index (Phi) is 3.60. The number of carbonyl (C=O) groups excluding carboxylic acids is 1. The molecule has 2 rings (SSSR count). The van der Waals surface area contributed by atoms with E-state index < -0.39 is 0 Å². The Balaban J connectivity index is 2.56. The van der Waals surface area contributed by atoms with Crippen molar-refractivity contribution in [2.45, 2.75) is 26.7 Å². The number of ketones is 1. The van der Waals surface area contributed by atoms with Gasteiger partial charge >= 0.3 is 0 Å². The summed E-state index contributed by atoms with van der Waals surface area (Å²) in [5, 5.41) is 1.00. The van der Waals surface area contributed by atoms with E-state index in [0.29, 0.717) is 12.8 Å². The summed E-state index contributed by atoms with van der Waals surface area (Å²) in [5.74, 6) is 1.03. The van der Waals surface area contributed by atoms with Crippen molar-refractivity contribution in [3.8, 4) is 5.75 Å². The lowest BCUT2D eigenvalue weighted by molar-refractivity contribution is -0.116. The van der Waals surface area contributed by atoms with Gasteiger partial charge in [0.15, 0.2) is 0 Å². The highest BCUT2D eigenvalue weighted by molar-refractivity contribution is 5.87. The zero-order valence-corrected chi connectivity index (χ0v) is 11.0. The molecule has 3 heteroatoms. The van der Waals surface area contributed by atoms with Crippen LogP contribution in [0.25, 0.3) is 10.9 Å². The van der Waals surface area contributed by atoms with Crippen molar-refractivity contribution < 1.29 is 9.53 Å². The van der Waals surface area contributed by atoms with Crippen LogP contribution in [0.2, 0.25) is 0 Å². The highest BCUT2D eigenvalue weighted by Gasteiger charge is 2.13. The Morgan fingerprint density at radius 2 is 2.06 bits per heavy atom. The van der Waals surface area contributed by atoms with Crippen molar-refractivity contribution >= 4 is 16.7 Å². The molecule has 0 N–H and O–H groups in total. The number of nitrogens with zero attached hydrogens (tertiary/aromatic N) is 1. The Labute approximate surface area is 107 Å². The van der Waals surface area contributed by atoms with Gasteiger partial charge in [0.1, 0.15) is 11.5 Å². The van der Waals surface area contributed by atoms with Gasteiger partial charge in [0.25, 0.3) is 0 Å². The lowest BCUT2D eigenvalue weighted by Gasteiger charge is -2.13. The summed E-state index contributed by atoms with van der Waals surface area (Å²) in [5.41, 5.74) is 2.90. The minimum atomic E-state index is 0.185. The van der Waals surface area contributed by atoms with Crippen LogP contribution in [0.15, 0.2) is 24.3 Å². The van der Waals surface area contributed by atoms with Gasteiger partial charge in [0, 0.05) is 23.1 Å². The smallest absolute Gasteiger partial charge is 0.133 e. The second-order valence-corrected chi connectivity index (χ2v) is 4.43. The first-order valence-electron chi connectivity index (χ1n) is 6.05. The standard InChI is InChI=1S/C15H17NO2/c1-10(17)8-9-12-11(2)16-14-7-5-4-6-13(14)15(12)18-3/h4-7H,8-9H2,1-3H3. The second-order valence-electron chi connectivity index (χ2n) is 4.43. The van der Waals surface area contributed by atoms with Crippen molar-refractivity contribution in [2.24, 2.45) is 0 Å². The van der Waals surface area contributed by atoms with E-state index in [4.69, 9.17) is 4.74 Å². The quantitative estimate of drug-likeness (QED) is 0.828. The third kappa shape index (κ3) is 2.35. The van der Waals surface area contributed by atoms with Gasteiger partial charge in [0.05, 0.1) is 12.6 Å². The Morgan fingerprint density at radius 3 is 2.72 bits per heavy atom. The van der Waals surface area contributed by atoms with Crippen LogP contribution in [0.3, 0.4) is 0 Å². The van der Waals surface area contributed by atoms with Crippen molar-refractivity contribution in [1.82, 2.24) is 4.98 Å². The average molecular weight is 243 g/mol. The van der Waals surface area contributed by atoms with Crippen molar-refractivity contribution in [3.63, 3.8) is 0 Å². The summed E-state index contributed by atoms with van der Waals surface area (Å²) in [7, 11) is 1.67. The van der Waals surface area contributed by atoms with E-state index in [2.05, 4.69) is 4.98 Å². The Morgan fingerprint density at radius 1 is 1.33 bits per heavy atom. The van der Waals surface area contributed by atoms with Crippen LogP contribution in [-0.4, -0.2) is 17.9 Å². The highest BCUT2D eigenvalue weighted by Crippen LogP contribution is 2.31. The maximum absolute atomic E-state index is 11.1. The van der Waals surface area contributed by atoms with E-state index in [1.54, 1.807) is 14.0 Å². The maximum Gasteiger partial charge on any atom is 0.133 e. The molecule has 0 bridgehead atoms. The summed E-state index contributed by atoms with van der Waals surface area (Å²) in [6.07, 6.45) is 1.21. The summed E-state index contributed by atoms with van der Waals surface area (Å²) in [4.78, 5) is 15.7. The fraction of sp³-hybridized carbons (Fsp3) is 0.333. The number of Topliss-reactive ketones (excluding diaryl/α,β-unsaturated/α-hetero) is 1. The topological polar surface area (TPSA) is 39.2 Å². The molecule has 0 unspecified atom stereocenters. The van der Waals surface area contributed by atoms with Crippen LogP contribution in [0.1, 0.15) is 24.6 Å². The molecule has 0 spiro atoms. The van der Waals surface area contributed by atoms with Crippen LogP contribution in [0.4, 0.5) is 0 Å². The number of fused-ring (bicyclic) bond motifs is 1. The number of aryl methyl sites for hydroxylation is 1. The number of hydrogen-bond acceptors (Lipinski definition) is 3. The number of methoxy groups -OCH3 is 1. The normalized spacial score (nSPS) is 10.6. The molecule has 0 saturated heterocycles. The number of rotatable bonds is 4. The molecule has 0 aliphatic rings. The van der Waals surface area contributed by atoms with Crippen molar-refractivity contribution in [3.05, 3.63) is 35.5 Å². The second kappa shape index (κ2) is 5.17. The minimum absolute atomic E-state index is 0.185. The molecule has 0 aliphatic heterocycles. The van der Waals surface area contributed by atoms with Gasteiger partial charge in [-0.2, -0.15) is 0 Å². The van der Waals surface area contributed by atoms with Gasteiger partial charge in [0.2, 0.25) is 0 Å². The van der Waals surface area contributed by atoms with Crippen LogP contribution in [-0.2, 0) is 11.2 Å². The van der Waals surface area contributed by atoms with E-state index in [1.807, 2.05) is 31.2 Å². The van der Waals surface area contributed by atoms with Gasteiger partial charge < -0.3 is 9.53 Å². The van der Waals surface area contributed by atoms with E-state index in [1.165, 1.54) is 0 Å². The number of pyridine rings is 1. The maximum atomic E-state index is 11.1. The number of carbonyl (C=O) groups is 1. The predicted molar refractivity (Wildman–Crippen MR) is 72.0 cm³/mol. The molecule has 0 amide bonds. The number of ether oxygens (including phenoxy) is 1. The van der Waals surface area contributed by atoms with E-state index in [9.17, 15) is 4.79 Å². The fourth-order valence-corrected chi connectivity index (χ4v) is 2.17. The SMILES string of the molecule is COc1c(CCC(C)=O)c(C)nc2ccccc12. The molecule has 0 saturated carbocycles. The molecule has 94 valence electrons. The third-order valence-corrected chi connectivity index (χ3v) is 3.08. The number of aromatic nitrogens is 1. The molecule has 1 heterocycles. The third-order valence-electron chi connectivity index (χ3n) is 3.08. The van der Waals surface area contributed by atoms with E-state index in [0.717, 1.165) is 27.9 Å². The fourth-order valence-electron chi connectivity index (χ4n) is 2.17. The van der Waals surface area contributed by atoms with Crippen molar-refractivity contribution in [1.29, 1.82) is 0 Å².